The SMILES string of the molecule is COC1C(OC(=O)CCCCCCCCCCCN)CC[C@]2(CO2)C1[C@@]1(C)O[C@@H]1CC=C(C)C. The van der Waals surface area contributed by atoms with Gasteiger partial charge < -0.3 is 24.7 Å². The van der Waals surface area contributed by atoms with E-state index in [0.29, 0.717) is 6.42 Å². The predicted molar refractivity (Wildman–Crippen MR) is 135 cm³/mol. The first-order valence-corrected chi connectivity index (χ1v) is 13.7. The minimum Gasteiger partial charge on any atom is -0.460 e. The molecule has 6 heteroatoms. The maximum Gasteiger partial charge on any atom is 0.306 e. The van der Waals surface area contributed by atoms with Crippen molar-refractivity contribution in [1.82, 2.24) is 0 Å². The van der Waals surface area contributed by atoms with E-state index in [-0.39, 0.29) is 41.4 Å². The van der Waals surface area contributed by atoms with Crippen molar-refractivity contribution in [2.24, 2.45) is 11.7 Å². The van der Waals surface area contributed by atoms with Crippen LogP contribution in [0.25, 0.3) is 0 Å². The van der Waals surface area contributed by atoms with Crippen molar-refractivity contribution in [3.63, 3.8) is 0 Å². The molecule has 3 unspecified atom stereocenters. The highest BCUT2D eigenvalue weighted by Gasteiger charge is 2.72. The van der Waals surface area contributed by atoms with Gasteiger partial charge in [-0.05, 0) is 59.4 Å². The standard InChI is InChI=1S/C28H49NO5/c1-21(2)15-16-23-27(3,34-23)26-25(31-4)22(17-18-28(26)20-32-28)33-24(30)14-12-10-8-6-5-7-9-11-13-19-29/h15,22-23,25-26H,5-14,16-20,29H2,1-4H3/t22?,23-,25?,26?,27+,28+/m1/s1. The number of hydrogen-bond donors (Lipinski definition) is 1. The van der Waals surface area contributed by atoms with Crippen LogP contribution in [0.15, 0.2) is 11.6 Å². The Morgan fingerprint density at radius 1 is 1.06 bits per heavy atom. The lowest BCUT2D eigenvalue weighted by Gasteiger charge is -2.42. The minimum atomic E-state index is -0.293. The first-order valence-electron chi connectivity index (χ1n) is 13.7. The van der Waals surface area contributed by atoms with E-state index in [1.165, 1.54) is 44.1 Å². The molecule has 0 aromatic rings. The summed E-state index contributed by atoms with van der Waals surface area (Å²) in [4.78, 5) is 12.6. The zero-order valence-electron chi connectivity index (χ0n) is 22.1. The van der Waals surface area contributed by atoms with Crippen molar-refractivity contribution in [1.29, 1.82) is 0 Å². The van der Waals surface area contributed by atoms with Crippen molar-refractivity contribution in [3.05, 3.63) is 11.6 Å². The molecule has 1 saturated carbocycles. The molecule has 0 bridgehead atoms. The number of unbranched alkanes of at least 4 members (excludes halogenated alkanes) is 8. The van der Waals surface area contributed by atoms with Crippen LogP contribution in [0.1, 0.15) is 104 Å². The minimum absolute atomic E-state index is 0.0805. The summed E-state index contributed by atoms with van der Waals surface area (Å²) in [6.07, 6.45) is 15.8. The molecule has 0 radical (unpaired) electrons. The van der Waals surface area contributed by atoms with Gasteiger partial charge in [0, 0.05) is 13.5 Å². The fourth-order valence-electron chi connectivity index (χ4n) is 5.95. The van der Waals surface area contributed by atoms with Gasteiger partial charge in [0.25, 0.3) is 0 Å². The van der Waals surface area contributed by atoms with Crippen molar-refractivity contribution in [2.45, 2.75) is 134 Å². The Morgan fingerprint density at radius 3 is 2.24 bits per heavy atom. The Morgan fingerprint density at radius 2 is 1.68 bits per heavy atom. The largest absolute Gasteiger partial charge is 0.460 e. The van der Waals surface area contributed by atoms with Gasteiger partial charge >= 0.3 is 5.97 Å². The highest BCUT2D eigenvalue weighted by atomic mass is 16.6. The van der Waals surface area contributed by atoms with E-state index in [1.54, 1.807) is 7.11 Å². The van der Waals surface area contributed by atoms with Crippen LogP contribution >= 0.6 is 0 Å². The number of nitrogens with two attached hydrogens (primary N) is 1. The fourth-order valence-corrected chi connectivity index (χ4v) is 5.95. The molecule has 2 saturated heterocycles. The van der Waals surface area contributed by atoms with Crippen LogP contribution in [-0.2, 0) is 23.7 Å². The fraction of sp³-hybridized carbons (Fsp3) is 0.893. The second-order valence-electron chi connectivity index (χ2n) is 11.1. The van der Waals surface area contributed by atoms with Gasteiger partial charge in [-0.2, -0.15) is 0 Å². The van der Waals surface area contributed by atoms with Crippen molar-refractivity contribution in [2.75, 3.05) is 20.3 Å². The van der Waals surface area contributed by atoms with Crippen LogP contribution in [0.5, 0.6) is 0 Å². The summed E-state index contributed by atoms with van der Waals surface area (Å²) in [6, 6.07) is 0. The summed E-state index contributed by atoms with van der Waals surface area (Å²) in [6.45, 7) is 7.97. The quantitative estimate of drug-likeness (QED) is 0.137. The molecule has 196 valence electrons. The van der Waals surface area contributed by atoms with Gasteiger partial charge in [0.05, 0.1) is 18.6 Å². The monoisotopic (exact) mass is 479 g/mol. The molecule has 6 atom stereocenters. The van der Waals surface area contributed by atoms with E-state index in [4.69, 9.17) is 24.7 Å². The van der Waals surface area contributed by atoms with Gasteiger partial charge in [-0.3, -0.25) is 4.79 Å². The lowest BCUT2D eigenvalue weighted by Crippen LogP contribution is -2.55. The first kappa shape index (κ1) is 27.6. The molecule has 0 aromatic carbocycles. The molecule has 0 aromatic heterocycles. The second kappa shape index (κ2) is 12.8. The predicted octanol–water partition coefficient (Wildman–Crippen LogP) is 5.47. The summed E-state index contributed by atoms with van der Waals surface area (Å²) in [5.74, 6) is -0.0137. The number of epoxide rings is 2. The molecule has 3 rings (SSSR count). The maximum absolute atomic E-state index is 12.6. The van der Waals surface area contributed by atoms with E-state index >= 15 is 0 Å². The van der Waals surface area contributed by atoms with Gasteiger partial charge in [-0.1, -0.05) is 56.6 Å². The molecular formula is C28H49NO5. The second-order valence-corrected chi connectivity index (χ2v) is 11.1. The molecule has 34 heavy (non-hydrogen) atoms. The Bertz CT molecular complexity index is 672. The number of allylic oxidation sites excluding steroid dienone is 1. The Balaban J connectivity index is 1.41. The summed E-state index contributed by atoms with van der Waals surface area (Å²) in [5.41, 5.74) is 6.37. The lowest BCUT2D eigenvalue weighted by molar-refractivity contribution is -0.172. The Labute approximate surface area is 207 Å². The smallest absolute Gasteiger partial charge is 0.306 e. The average Bonchev–Trinajstić information content (AvgIpc) is 3.72. The zero-order chi connectivity index (χ0) is 24.6. The van der Waals surface area contributed by atoms with Crippen LogP contribution in [0.3, 0.4) is 0 Å². The summed E-state index contributed by atoms with van der Waals surface area (Å²) in [7, 11) is 1.73. The number of esters is 1. The molecule has 3 fully saturated rings. The number of rotatable bonds is 16. The van der Waals surface area contributed by atoms with E-state index in [1.807, 2.05) is 0 Å². The summed E-state index contributed by atoms with van der Waals surface area (Å²) < 4.78 is 24.2. The Hall–Kier alpha value is -0.950. The highest BCUT2D eigenvalue weighted by Crippen LogP contribution is 2.59. The van der Waals surface area contributed by atoms with Gasteiger partial charge in [0.15, 0.2) is 0 Å². The first-order chi connectivity index (χ1) is 16.4. The summed E-state index contributed by atoms with van der Waals surface area (Å²) >= 11 is 0. The van der Waals surface area contributed by atoms with Gasteiger partial charge in [0.1, 0.15) is 23.4 Å². The van der Waals surface area contributed by atoms with E-state index in [2.05, 4.69) is 26.8 Å². The molecule has 2 heterocycles. The van der Waals surface area contributed by atoms with Crippen molar-refractivity contribution >= 4 is 5.97 Å². The van der Waals surface area contributed by atoms with Gasteiger partial charge in [-0.15, -0.1) is 0 Å². The lowest BCUT2D eigenvalue weighted by atomic mass is 9.68. The number of ether oxygens (including phenoxy) is 4. The third-order valence-electron chi connectivity index (χ3n) is 8.10. The van der Waals surface area contributed by atoms with Gasteiger partial charge in [0.2, 0.25) is 0 Å². The number of hydrogen-bond acceptors (Lipinski definition) is 6. The van der Waals surface area contributed by atoms with Crippen molar-refractivity contribution in [3.8, 4) is 0 Å². The molecule has 3 aliphatic rings. The molecule has 6 nitrogen and oxygen atoms in total. The third-order valence-corrected chi connectivity index (χ3v) is 8.10. The zero-order valence-corrected chi connectivity index (χ0v) is 22.1. The molecular weight excluding hydrogens is 430 g/mol. The summed E-state index contributed by atoms with van der Waals surface area (Å²) in [5, 5.41) is 0. The molecule has 1 spiro atoms. The normalized spacial score (nSPS) is 34.1. The third kappa shape index (κ3) is 7.28. The van der Waals surface area contributed by atoms with Crippen LogP contribution in [-0.4, -0.2) is 55.7 Å². The van der Waals surface area contributed by atoms with E-state index in [9.17, 15) is 4.79 Å². The Kier molecular flexibility index (Phi) is 10.4. The number of carbonyl (C=O) groups excluding carboxylic acids is 1. The number of carbonyl (C=O) groups is 1. The average molecular weight is 480 g/mol. The van der Waals surface area contributed by atoms with E-state index in [0.717, 1.165) is 51.7 Å². The van der Waals surface area contributed by atoms with Crippen molar-refractivity contribution < 1.29 is 23.7 Å². The maximum atomic E-state index is 12.6. The van der Waals surface area contributed by atoms with E-state index < -0.39 is 0 Å². The molecule has 2 N–H and O–H groups in total. The molecule has 0 amide bonds. The number of methoxy groups -OCH3 is 1. The highest BCUT2D eigenvalue weighted by molar-refractivity contribution is 5.69. The van der Waals surface area contributed by atoms with Crippen LogP contribution in [0.4, 0.5) is 0 Å². The van der Waals surface area contributed by atoms with Crippen LogP contribution < -0.4 is 5.73 Å². The van der Waals surface area contributed by atoms with Crippen LogP contribution in [0, 0.1) is 5.92 Å². The van der Waals surface area contributed by atoms with Crippen LogP contribution in [0.2, 0.25) is 0 Å². The van der Waals surface area contributed by atoms with Gasteiger partial charge in [-0.25, -0.2) is 0 Å². The topological polar surface area (TPSA) is 86.6 Å². The molecule has 2 aliphatic heterocycles. The molecule has 1 aliphatic carbocycles.